The molecule has 1 aromatic carbocycles. The van der Waals surface area contributed by atoms with E-state index in [9.17, 15) is 18.3 Å². The molecule has 1 unspecified atom stereocenters. The quantitative estimate of drug-likeness (QED) is 0.908. The summed E-state index contributed by atoms with van der Waals surface area (Å²) in [5.74, 6) is -0.990. The molecule has 1 aromatic rings. The Kier molecular flexibility index (Phi) is 3.78. The molecule has 21 heavy (non-hydrogen) atoms. The van der Waals surface area contributed by atoms with Gasteiger partial charge in [-0.15, -0.1) is 0 Å². The molecule has 6 nitrogen and oxygen atoms in total. The van der Waals surface area contributed by atoms with Crippen molar-refractivity contribution in [2.45, 2.75) is 25.2 Å². The van der Waals surface area contributed by atoms with Crippen LogP contribution in [0, 0.1) is 23.7 Å². The number of nitriles is 1. The molecule has 1 aliphatic heterocycles. The Labute approximate surface area is 123 Å². The van der Waals surface area contributed by atoms with Crippen LogP contribution in [0.5, 0.6) is 0 Å². The van der Waals surface area contributed by atoms with E-state index in [1.54, 1.807) is 13.8 Å². The molecule has 1 atom stereocenters. The predicted octanol–water partition coefficient (Wildman–Crippen LogP) is 1.35. The lowest BCUT2D eigenvalue weighted by molar-refractivity contribution is -0.146. The molecule has 0 spiro atoms. The smallest absolute Gasteiger partial charge is 0.310 e. The monoisotopic (exact) mass is 308 g/mol. The van der Waals surface area contributed by atoms with Crippen molar-refractivity contribution in [2.24, 2.45) is 5.41 Å². The summed E-state index contributed by atoms with van der Waals surface area (Å²) in [5, 5.41) is 18.1. The van der Waals surface area contributed by atoms with Crippen molar-refractivity contribution in [1.29, 1.82) is 5.26 Å². The zero-order chi connectivity index (χ0) is 15.8. The average molecular weight is 308 g/mol. The highest BCUT2D eigenvalue weighted by Gasteiger charge is 2.44. The van der Waals surface area contributed by atoms with Crippen LogP contribution in [0.1, 0.15) is 24.5 Å². The van der Waals surface area contributed by atoms with Gasteiger partial charge in [-0.2, -0.15) is 9.57 Å². The first-order valence-corrected chi connectivity index (χ1v) is 7.89. The molecule has 1 heterocycles. The largest absolute Gasteiger partial charge is 0.481 e. The Morgan fingerprint density at radius 3 is 2.62 bits per heavy atom. The van der Waals surface area contributed by atoms with E-state index in [-0.39, 0.29) is 24.4 Å². The Bertz CT molecular complexity index is 736. The van der Waals surface area contributed by atoms with E-state index in [4.69, 9.17) is 5.26 Å². The Hall–Kier alpha value is -1.91. The number of hydrogen-bond acceptors (Lipinski definition) is 4. The zero-order valence-electron chi connectivity index (χ0n) is 11.8. The number of carboxylic acids is 1. The second-order valence-electron chi connectivity index (χ2n) is 5.54. The molecule has 7 heteroatoms. The van der Waals surface area contributed by atoms with Gasteiger partial charge in [0.15, 0.2) is 0 Å². The van der Waals surface area contributed by atoms with Crippen LogP contribution in [0.2, 0.25) is 0 Å². The lowest BCUT2D eigenvalue weighted by atomic mass is 9.90. The van der Waals surface area contributed by atoms with Gasteiger partial charge >= 0.3 is 5.97 Å². The van der Waals surface area contributed by atoms with Gasteiger partial charge in [-0.3, -0.25) is 4.79 Å². The van der Waals surface area contributed by atoms with Crippen molar-refractivity contribution < 1.29 is 18.3 Å². The number of hydrogen-bond donors (Lipinski definition) is 1. The number of nitrogens with zero attached hydrogens (tertiary/aromatic N) is 2. The third-order valence-corrected chi connectivity index (χ3v) is 5.75. The van der Waals surface area contributed by atoms with E-state index in [1.165, 1.54) is 22.5 Å². The van der Waals surface area contributed by atoms with Crippen LogP contribution in [-0.4, -0.2) is 36.9 Å². The number of carboxylic acid groups (broad SMARTS) is 1. The topological polar surface area (TPSA) is 98.5 Å². The van der Waals surface area contributed by atoms with Crippen LogP contribution in [0.3, 0.4) is 0 Å². The van der Waals surface area contributed by atoms with Gasteiger partial charge in [0.1, 0.15) is 0 Å². The standard InChI is InChI=1S/C14H16N2O4S/c1-10-7-12(4-3-11(10)8-15)21(19,20)16-6-5-14(2,9-16)13(17)18/h3-4,7H,5-6,9H2,1-2H3,(H,17,18). The zero-order valence-corrected chi connectivity index (χ0v) is 12.6. The van der Waals surface area contributed by atoms with Gasteiger partial charge in [0.05, 0.1) is 21.9 Å². The van der Waals surface area contributed by atoms with Crippen molar-refractivity contribution in [3.8, 4) is 6.07 Å². The van der Waals surface area contributed by atoms with Crippen LogP contribution < -0.4 is 0 Å². The molecule has 0 aromatic heterocycles. The molecule has 112 valence electrons. The van der Waals surface area contributed by atoms with E-state index < -0.39 is 21.4 Å². The normalized spacial score (nSPS) is 22.9. The van der Waals surface area contributed by atoms with Crippen LogP contribution in [0.4, 0.5) is 0 Å². The summed E-state index contributed by atoms with van der Waals surface area (Å²) in [6, 6.07) is 6.29. The first-order chi connectivity index (χ1) is 9.70. The summed E-state index contributed by atoms with van der Waals surface area (Å²) in [5.41, 5.74) is -0.0427. The second kappa shape index (κ2) is 5.13. The van der Waals surface area contributed by atoms with Crippen molar-refractivity contribution >= 4 is 16.0 Å². The van der Waals surface area contributed by atoms with E-state index in [2.05, 4.69) is 0 Å². The maximum Gasteiger partial charge on any atom is 0.310 e. The van der Waals surface area contributed by atoms with Crippen LogP contribution in [-0.2, 0) is 14.8 Å². The predicted molar refractivity (Wildman–Crippen MR) is 75.0 cm³/mol. The molecule has 0 saturated carbocycles. The number of benzene rings is 1. The Morgan fingerprint density at radius 2 is 2.14 bits per heavy atom. The van der Waals surface area contributed by atoms with Gasteiger partial charge in [0.25, 0.3) is 0 Å². The van der Waals surface area contributed by atoms with Crippen molar-refractivity contribution in [1.82, 2.24) is 4.31 Å². The molecule has 1 N–H and O–H groups in total. The maximum absolute atomic E-state index is 12.5. The highest BCUT2D eigenvalue weighted by atomic mass is 32.2. The lowest BCUT2D eigenvalue weighted by Gasteiger charge is -2.20. The number of aryl methyl sites for hydroxylation is 1. The number of rotatable bonds is 3. The maximum atomic E-state index is 12.5. The molecule has 1 fully saturated rings. The molecule has 0 radical (unpaired) electrons. The minimum atomic E-state index is -3.73. The van der Waals surface area contributed by atoms with Crippen LogP contribution in [0.25, 0.3) is 0 Å². The molecular formula is C14H16N2O4S. The van der Waals surface area contributed by atoms with Gasteiger partial charge < -0.3 is 5.11 Å². The van der Waals surface area contributed by atoms with Gasteiger partial charge in [-0.25, -0.2) is 8.42 Å². The van der Waals surface area contributed by atoms with Crippen molar-refractivity contribution in [3.63, 3.8) is 0 Å². The number of sulfonamides is 1. The first kappa shape index (κ1) is 15.5. The SMILES string of the molecule is Cc1cc(S(=O)(=O)N2CCC(C)(C(=O)O)C2)ccc1C#N. The lowest BCUT2D eigenvalue weighted by Crippen LogP contribution is -2.34. The molecule has 1 aliphatic rings. The second-order valence-corrected chi connectivity index (χ2v) is 7.48. The minimum absolute atomic E-state index is 0.0380. The summed E-state index contributed by atoms with van der Waals surface area (Å²) in [4.78, 5) is 11.3. The first-order valence-electron chi connectivity index (χ1n) is 6.45. The molecule has 1 saturated heterocycles. The summed E-state index contributed by atoms with van der Waals surface area (Å²) in [7, 11) is -3.73. The van der Waals surface area contributed by atoms with E-state index >= 15 is 0 Å². The number of carbonyl (C=O) groups is 1. The van der Waals surface area contributed by atoms with Gasteiger partial charge in [0.2, 0.25) is 10.0 Å². The highest BCUT2D eigenvalue weighted by Crippen LogP contribution is 2.33. The fourth-order valence-electron chi connectivity index (χ4n) is 2.37. The number of aliphatic carboxylic acids is 1. The Balaban J connectivity index is 2.34. The summed E-state index contributed by atoms with van der Waals surface area (Å²) < 4.78 is 26.3. The summed E-state index contributed by atoms with van der Waals surface area (Å²) in [6.45, 7) is 3.37. The minimum Gasteiger partial charge on any atom is -0.481 e. The molecule has 2 rings (SSSR count). The van der Waals surface area contributed by atoms with Crippen molar-refractivity contribution in [3.05, 3.63) is 29.3 Å². The third-order valence-electron chi connectivity index (χ3n) is 3.91. The average Bonchev–Trinajstić information content (AvgIpc) is 2.83. The molecule has 0 amide bonds. The highest BCUT2D eigenvalue weighted by molar-refractivity contribution is 7.89. The van der Waals surface area contributed by atoms with Gasteiger partial charge in [-0.1, -0.05) is 0 Å². The molecular weight excluding hydrogens is 292 g/mol. The molecule has 0 aliphatic carbocycles. The van der Waals surface area contributed by atoms with Crippen molar-refractivity contribution in [2.75, 3.05) is 13.1 Å². The van der Waals surface area contributed by atoms with Gasteiger partial charge in [-0.05, 0) is 44.0 Å². The van der Waals surface area contributed by atoms with E-state index in [1.807, 2.05) is 6.07 Å². The van der Waals surface area contributed by atoms with Crippen LogP contribution >= 0.6 is 0 Å². The summed E-state index contributed by atoms with van der Waals surface area (Å²) >= 11 is 0. The molecule has 0 bridgehead atoms. The third kappa shape index (κ3) is 2.64. The van der Waals surface area contributed by atoms with E-state index in [0.29, 0.717) is 11.1 Å². The fourth-order valence-corrected chi connectivity index (χ4v) is 4.02. The Morgan fingerprint density at radius 1 is 1.48 bits per heavy atom. The van der Waals surface area contributed by atoms with Gasteiger partial charge in [0, 0.05) is 13.1 Å². The fraction of sp³-hybridized carbons (Fsp3) is 0.429. The van der Waals surface area contributed by atoms with Crippen LogP contribution in [0.15, 0.2) is 23.1 Å². The van der Waals surface area contributed by atoms with E-state index in [0.717, 1.165) is 0 Å². The summed E-state index contributed by atoms with van der Waals surface area (Å²) in [6.07, 6.45) is 0.289.